The number of aromatic nitrogens is 1. The van der Waals surface area contributed by atoms with Crippen LogP contribution in [0.25, 0.3) is 21.0 Å². The van der Waals surface area contributed by atoms with Crippen LogP contribution >= 0.6 is 11.3 Å². The predicted molar refractivity (Wildman–Crippen MR) is 117 cm³/mol. The van der Waals surface area contributed by atoms with Crippen molar-refractivity contribution in [3.8, 4) is 10.8 Å². The summed E-state index contributed by atoms with van der Waals surface area (Å²) in [6.07, 6.45) is 0. The van der Waals surface area contributed by atoms with Crippen LogP contribution in [0.2, 0.25) is 0 Å². The summed E-state index contributed by atoms with van der Waals surface area (Å²) in [4.78, 5) is 19.6. The number of carbonyl (C=O) groups excluding carboxylic acids is 1. The molecule has 1 atom stereocenters. The number of thiazole rings is 1. The quantitative estimate of drug-likeness (QED) is 0.477. The lowest BCUT2D eigenvalue weighted by atomic mass is 10.0. The second-order valence-electron chi connectivity index (χ2n) is 6.86. The summed E-state index contributed by atoms with van der Waals surface area (Å²) in [5, 5.41) is 3.86. The molecule has 2 heterocycles. The van der Waals surface area contributed by atoms with E-state index in [1.54, 1.807) is 11.3 Å². The lowest BCUT2D eigenvalue weighted by molar-refractivity contribution is -0.126. The highest BCUT2D eigenvalue weighted by atomic mass is 32.1. The van der Waals surface area contributed by atoms with Gasteiger partial charge in [0.05, 0.1) is 16.8 Å². The molecule has 0 aliphatic carbocycles. The van der Waals surface area contributed by atoms with Crippen molar-refractivity contribution in [2.75, 3.05) is 13.6 Å². The maximum Gasteiger partial charge on any atom is 0.242 e. The number of hydrogen-bond donors (Lipinski definition) is 1. The fraction of sp³-hybridized carbons (Fsp3) is 0.217. The van der Waals surface area contributed by atoms with Gasteiger partial charge in [-0.05, 0) is 43.4 Å². The first-order chi connectivity index (χ1) is 14.2. The Kier molecular flexibility index (Phi) is 5.74. The van der Waals surface area contributed by atoms with E-state index in [9.17, 15) is 4.79 Å². The summed E-state index contributed by atoms with van der Waals surface area (Å²) in [6.45, 7) is 3.15. The molecular weight excluding hydrogens is 382 g/mol. The van der Waals surface area contributed by atoms with E-state index in [0.29, 0.717) is 12.3 Å². The molecule has 1 N–H and O–H groups in total. The summed E-state index contributed by atoms with van der Waals surface area (Å²) in [7, 11) is 1.95. The maximum atomic E-state index is 12.9. The average Bonchev–Trinajstić information content (AvgIpc) is 3.39. The number of nitrogens with one attached hydrogen (secondary N) is 1. The summed E-state index contributed by atoms with van der Waals surface area (Å²) < 4.78 is 7.07. The third-order valence-electron chi connectivity index (χ3n) is 4.91. The van der Waals surface area contributed by atoms with Crippen molar-refractivity contribution in [3.05, 3.63) is 78.1 Å². The first-order valence-electron chi connectivity index (χ1n) is 9.63. The number of nitrogens with zero attached hydrogens (tertiary/aromatic N) is 2. The van der Waals surface area contributed by atoms with Gasteiger partial charge in [-0.25, -0.2) is 4.98 Å². The lowest BCUT2D eigenvalue weighted by Crippen LogP contribution is -2.38. The minimum absolute atomic E-state index is 0.0431. The van der Waals surface area contributed by atoms with Crippen LogP contribution in [0.3, 0.4) is 0 Å². The fourth-order valence-electron chi connectivity index (χ4n) is 3.26. The number of carbonyl (C=O) groups is 1. The van der Waals surface area contributed by atoms with Crippen LogP contribution in [0.4, 0.5) is 0 Å². The summed E-state index contributed by atoms with van der Waals surface area (Å²) in [6, 6.07) is 21.3. The van der Waals surface area contributed by atoms with Crippen LogP contribution in [-0.4, -0.2) is 29.4 Å². The zero-order valence-corrected chi connectivity index (χ0v) is 17.3. The zero-order valence-electron chi connectivity index (χ0n) is 16.5. The molecule has 0 radical (unpaired) electrons. The SMILES string of the molecule is CCN(C)C(C(=O)NCc1ccc(-c2nc3ccccc3s2)o1)c1ccccc1. The second-order valence-corrected chi connectivity index (χ2v) is 7.89. The third kappa shape index (κ3) is 4.23. The van der Waals surface area contributed by atoms with E-state index in [0.717, 1.165) is 33.1 Å². The van der Waals surface area contributed by atoms with E-state index in [-0.39, 0.29) is 11.9 Å². The van der Waals surface area contributed by atoms with E-state index in [4.69, 9.17) is 4.42 Å². The van der Waals surface area contributed by atoms with E-state index in [2.05, 4.69) is 16.4 Å². The maximum absolute atomic E-state index is 12.9. The van der Waals surface area contributed by atoms with Gasteiger partial charge in [0.2, 0.25) is 5.91 Å². The van der Waals surface area contributed by atoms with Gasteiger partial charge in [0.1, 0.15) is 11.8 Å². The number of furan rings is 1. The van der Waals surface area contributed by atoms with Crippen LogP contribution in [0.15, 0.2) is 71.1 Å². The molecule has 2 aromatic carbocycles. The van der Waals surface area contributed by atoms with Gasteiger partial charge in [-0.3, -0.25) is 9.69 Å². The average molecular weight is 406 g/mol. The van der Waals surface area contributed by atoms with Gasteiger partial charge >= 0.3 is 0 Å². The second kappa shape index (κ2) is 8.59. The molecule has 0 bridgehead atoms. The Bertz CT molecular complexity index is 1070. The highest BCUT2D eigenvalue weighted by Gasteiger charge is 2.24. The Morgan fingerprint density at radius 2 is 1.86 bits per heavy atom. The molecule has 1 unspecified atom stereocenters. The van der Waals surface area contributed by atoms with Crippen LogP contribution in [-0.2, 0) is 11.3 Å². The molecule has 0 spiro atoms. The number of amides is 1. The third-order valence-corrected chi connectivity index (χ3v) is 5.96. The molecule has 5 nitrogen and oxygen atoms in total. The Morgan fingerprint density at radius 3 is 2.62 bits per heavy atom. The number of fused-ring (bicyclic) bond motifs is 1. The van der Waals surface area contributed by atoms with Gasteiger partial charge in [0, 0.05) is 0 Å². The van der Waals surface area contributed by atoms with E-state index >= 15 is 0 Å². The van der Waals surface area contributed by atoms with Crippen molar-refractivity contribution in [1.29, 1.82) is 0 Å². The molecule has 2 aromatic heterocycles. The number of likely N-dealkylation sites (N-methyl/N-ethyl adjacent to an activating group) is 1. The standard InChI is InChI=1S/C23H23N3O2S/c1-3-26(2)21(16-9-5-4-6-10-16)22(27)24-15-17-13-14-19(28-17)23-25-18-11-7-8-12-20(18)29-23/h4-14,21H,3,15H2,1-2H3,(H,24,27). The van der Waals surface area contributed by atoms with Gasteiger partial charge in [0.15, 0.2) is 10.8 Å². The molecule has 4 rings (SSSR count). The van der Waals surface area contributed by atoms with E-state index < -0.39 is 0 Å². The van der Waals surface area contributed by atoms with Crippen LogP contribution in [0, 0.1) is 0 Å². The molecular formula is C23H23N3O2S. The number of rotatable bonds is 7. The van der Waals surface area contributed by atoms with Crippen LogP contribution < -0.4 is 5.32 Å². The van der Waals surface area contributed by atoms with Crippen molar-refractivity contribution < 1.29 is 9.21 Å². The predicted octanol–water partition coefficient (Wildman–Crippen LogP) is 4.87. The minimum Gasteiger partial charge on any atom is -0.457 e. The molecule has 1 amide bonds. The highest BCUT2D eigenvalue weighted by molar-refractivity contribution is 7.21. The molecule has 4 aromatic rings. The van der Waals surface area contributed by atoms with Gasteiger partial charge in [-0.2, -0.15) is 0 Å². The Morgan fingerprint density at radius 1 is 1.10 bits per heavy atom. The smallest absolute Gasteiger partial charge is 0.242 e. The zero-order chi connectivity index (χ0) is 20.2. The van der Waals surface area contributed by atoms with Crippen molar-refractivity contribution in [2.45, 2.75) is 19.5 Å². The minimum atomic E-state index is -0.333. The number of hydrogen-bond acceptors (Lipinski definition) is 5. The van der Waals surface area contributed by atoms with Crippen LogP contribution in [0.1, 0.15) is 24.3 Å². The topological polar surface area (TPSA) is 58.4 Å². The largest absolute Gasteiger partial charge is 0.457 e. The normalized spacial score (nSPS) is 12.4. The van der Waals surface area contributed by atoms with Crippen molar-refractivity contribution in [3.63, 3.8) is 0 Å². The van der Waals surface area contributed by atoms with Gasteiger partial charge in [-0.1, -0.05) is 49.4 Å². The summed E-state index contributed by atoms with van der Waals surface area (Å²) in [5.74, 6) is 1.39. The molecule has 0 aliphatic rings. The Hall–Kier alpha value is -2.96. The molecule has 148 valence electrons. The fourth-order valence-corrected chi connectivity index (χ4v) is 4.19. The molecule has 6 heteroatoms. The first-order valence-corrected chi connectivity index (χ1v) is 10.4. The van der Waals surface area contributed by atoms with Crippen LogP contribution in [0.5, 0.6) is 0 Å². The Balaban J connectivity index is 1.46. The molecule has 0 saturated carbocycles. The van der Waals surface area contributed by atoms with Crippen molar-refractivity contribution in [1.82, 2.24) is 15.2 Å². The molecule has 0 fully saturated rings. The lowest BCUT2D eigenvalue weighted by Gasteiger charge is -2.26. The Labute approximate surface area is 174 Å². The summed E-state index contributed by atoms with van der Waals surface area (Å²) in [5.41, 5.74) is 1.94. The summed E-state index contributed by atoms with van der Waals surface area (Å²) >= 11 is 1.60. The van der Waals surface area contributed by atoms with E-state index in [1.807, 2.05) is 79.5 Å². The monoisotopic (exact) mass is 405 g/mol. The first kappa shape index (κ1) is 19.4. The van der Waals surface area contributed by atoms with E-state index in [1.165, 1.54) is 0 Å². The number of para-hydroxylation sites is 1. The molecule has 0 aliphatic heterocycles. The number of benzene rings is 2. The van der Waals surface area contributed by atoms with Crippen molar-refractivity contribution >= 4 is 27.5 Å². The van der Waals surface area contributed by atoms with Gasteiger partial charge in [0.25, 0.3) is 0 Å². The van der Waals surface area contributed by atoms with Crippen molar-refractivity contribution in [2.24, 2.45) is 0 Å². The molecule has 0 saturated heterocycles. The highest BCUT2D eigenvalue weighted by Crippen LogP contribution is 2.31. The van der Waals surface area contributed by atoms with Gasteiger partial charge < -0.3 is 9.73 Å². The van der Waals surface area contributed by atoms with Gasteiger partial charge in [-0.15, -0.1) is 11.3 Å². The molecule has 29 heavy (non-hydrogen) atoms.